The maximum Gasteiger partial charge on any atom is 0.174 e. The fourth-order valence-corrected chi connectivity index (χ4v) is 1.50. The van der Waals surface area contributed by atoms with Gasteiger partial charge >= 0.3 is 0 Å². The monoisotopic (exact) mass is 204 g/mol. The van der Waals surface area contributed by atoms with E-state index < -0.39 is 0 Å². The Morgan fingerprint density at radius 2 is 2.20 bits per heavy atom. The zero-order valence-electron chi connectivity index (χ0n) is 9.16. The molecule has 1 atom stereocenters. The van der Waals surface area contributed by atoms with Gasteiger partial charge < -0.3 is 10.1 Å². The topological polar surface area (TPSA) is 45.0 Å². The molecule has 0 aromatic heterocycles. The van der Waals surface area contributed by atoms with Gasteiger partial charge in [0.15, 0.2) is 6.61 Å². The molecule has 0 bridgehead atoms. The lowest BCUT2D eigenvalue weighted by Gasteiger charge is -2.16. The second-order valence-corrected chi connectivity index (χ2v) is 3.26. The van der Waals surface area contributed by atoms with Gasteiger partial charge in [0.05, 0.1) is 0 Å². The van der Waals surface area contributed by atoms with Crippen LogP contribution < -0.4 is 10.1 Å². The summed E-state index contributed by atoms with van der Waals surface area (Å²) < 4.78 is 5.35. The Morgan fingerprint density at radius 3 is 2.87 bits per heavy atom. The molecular formula is C12H16N2O. The van der Waals surface area contributed by atoms with Crippen molar-refractivity contribution in [1.82, 2.24) is 5.32 Å². The maximum absolute atomic E-state index is 8.47. The summed E-state index contributed by atoms with van der Waals surface area (Å²) >= 11 is 0. The second-order valence-electron chi connectivity index (χ2n) is 3.26. The van der Waals surface area contributed by atoms with Gasteiger partial charge in [-0.2, -0.15) is 5.26 Å². The third kappa shape index (κ3) is 3.26. The largest absolute Gasteiger partial charge is 0.478 e. The first kappa shape index (κ1) is 11.5. The molecule has 1 aromatic rings. The smallest absolute Gasteiger partial charge is 0.174 e. The average molecular weight is 204 g/mol. The Balaban J connectivity index is 2.81. The molecule has 0 saturated heterocycles. The van der Waals surface area contributed by atoms with Gasteiger partial charge in [-0.05, 0) is 19.5 Å². The number of nitrogens with zero attached hydrogens (tertiary/aromatic N) is 1. The first-order valence-electron chi connectivity index (χ1n) is 5.11. The molecule has 0 aliphatic rings. The van der Waals surface area contributed by atoms with Gasteiger partial charge in [-0.3, -0.25) is 0 Å². The molecule has 1 rings (SSSR count). The van der Waals surface area contributed by atoms with Gasteiger partial charge in [0.2, 0.25) is 0 Å². The second kappa shape index (κ2) is 6.05. The van der Waals surface area contributed by atoms with Gasteiger partial charge in [0, 0.05) is 11.6 Å². The van der Waals surface area contributed by atoms with Gasteiger partial charge in [-0.1, -0.05) is 25.1 Å². The van der Waals surface area contributed by atoms with Crippen molar-refractivity contribution >= 4 is 0 Å². The molecule has 0 saturated carbocycles. The summed E-state index contributed by atoms with van der Waals surface area (Å²) in [4.78, 5) is 0. The van der Waals surface area contributed by atoms with Crippen molar-refractivity contribution in [2.45, 2.75) is 19.9 Å². The zero-order chi connectivity index (χ0) is 11.1. The molecule has 0 aliphatic heterocycles. The van der Waals surface area contributed by atoms with Crippen LogP contribution in [0.5, 0.6) is 5.75 Å². The highest BCUT2D eigenvalue weighted by Crippen LogP contribution is 2.24. The number of nitrogens with one attached hydrogen (secondary N) is 1. The van der Waals surface area contributed by atoms with Crippen LogP contribution in [0.4, 0.5) is 0 Å². The highest BCUT2D eigenvalue weighted by atomic mass is 16.5. The van der Waals surface area contributed by atoms with E-state index in [9.17, 15) is 0 Å². The van der Waals surface area contributed by atoms with Crippen molar-refractivity contribution in [3.63, 3.8) is 0 Å². The lowest BCUT2D eigenvalue weighted by molar-refractivity contribution is 0.359. The third-order valence-corrected chi connectivity index (χ3v) is 2.19. The van der Waals surface area contributed by atoms with E-state index in [1.165, 1.54) is 0 Å². The minimum absolute atomic E-state index is 0.0931. The average Bonchev–Trinajstić information content (AvgIpc) is 2.27. The molecule has 1 unspecified atom stereocenters. The third-order valence-electron chi connectivity index (χ3n) is 2.19. The van der Waals surface area contributed by atoms with Crippen molar-refractivity contribution < 1.29 is 4.74 Å². The molecule has 0 fully saturated rings. The van der Waals surface area contributed by atoms with E-state index in [2.05, 4.69) is 19.2 Å². The Labute approximate surface area is 90.7 Å². The SMILES string of the molecule is CCNC(C)c1ccccc1OCC#N. The van der Waals surface area contributed by atoms with E-state index in [1.807, 2.05) is 30.3 Å². The van der Waals surface area contributed by atoms with Crippen LogP contribution in [0.25, 0.3) is 0 Å². The summed E-state index contributed by atoms with van der Waals surface area (Å²) in [6.45, 7) is 5.15. The molecule has 1 N–H and O–H groups in total. The Kier molecular flexibility index (Phi) is 4.65. The van der Waals surface area contributed by atoms with Crippen molar-refractivity contribution in [1.29, 1.82) is 5.26 Å². The summed E-state index contributed by atoms with van der Waals surface area (Å²) in [7, 11) is 0. The van der Waals surface area contributed by atoms with Gasteiger partial charge in [0.25, 0.3) is 0 Å². The molecule has 0 heterocycles. The quantitative estimate of drug-likeness (QED) is 0.800. The first-order chi connectivity index (χ1) is 7.29. The zero-order valence-corrected chi connectivity index (χ0v) is 9.16. The number of ether oxygens (including phenoxy) is 1. The summed E-state index contributed by atoms with van der Waals surface area (Å²) in [6.07, 6.45) is 0. The standard InChI is InChI=1S/C12H16N2O/c1-3-14-10(2)11-6-4-5-7-12(11)15-9-8-13/h4-7,10,14H,3,9H2,1-2H3. The first-order valence-corrected chi connectivity index (χ1v) is 5.11. The summed E-state index contributed by atoms with van der Waals surface area (Å²) in [6, 6.07) is 10.0. The van der Waals surface area contributed by atoms with Crippen molar-refractivity contribution in [3.05, 3.63) is 29.8 Å². The number of hydrogen-bond donors (Lipinski definition) is 1. The number of para-hydroxylation sites is 1. The van der Waals surface area contributed by atoms with Crippen LogP contribution >= 0.6 is 0 Å². The van der Waals surface area contributed by atoms with Crippen LogP contribution in [0.3, 0.4) is 0 Å². The van der Waals surface area contributed by atoms with Crippen molar-refractivity contribution in [2.75, 3.05) is 13.2 Å². The minimum atomic E-state index is 0.0931. The molecule has 0 aliphatic carbocycles. The predicted octanol–water partition coefficient (Wildman–Crippen LogP) is 2.26. The Morgan fingerprint density at radius 1 is 1.47 bits per heavy atom. The summed E-state index contributed by atoms with van der Waals surface area (Å²) in [5.41, 5.74) is 1.09. The minimum Gasteiger partial charge on any atom is -0.478 e. The molecule has 3 nitrogen and oxygen atoms in total. The molecule has 1 aromatic carbocycles. The highest BCUT2D eigenvalue weighted by Gasteiger charge is 2.09. The molecule has 15 heavy (non-hydrogen) atoms. The van der Waals surface area contributed by atoms with Crippen molar-refractivity contribution in [3.8, 4) is 11.8 Å². The van der Waals surface area contributed by atoms with Crippen molar-refractivity contribution in [2.24, 2.45) is 0 Å². The molecule has 3 heteroatoms. The molecule has 80 valence electrons. The van der Waals surface area contributed by atoms with E-state index in [0.717, 1.165) is 17.9 Å². The van der Waals surface area contributed by atoms with E-state index in [-0.39, 0.29) is 12.6 Å². The van der Waals surface area contributed by atoms with Crippen LogP contribution in [0.1, 0.15) is 25.5 Å². The van der Waals surface area contributed by atoms with Crippen LogP contribution in [0, 0.1) is 11.3 Å². The molecular weight excluding hydrogens is 188 g/mol. The molecule has 0 radical (unpaired) electrons. The maximum atomic E-state index is 8.47. The lowest BCUT2D eigenvalue weighted by Crippen LogP contribution is -2.18. The fourth-order valence-electron chi connectivity index (χ4n) is 1.50. The number of benzene rings is 1. The Bertz CT molecular complexity index is 344. The Hall–Kier alpha value is -1.53. The summed E-state index contributed by atoms with van der Waals surface area (Å²) in [5.74, 6) is 0.785. The van der Waals surface area contributed by atoms with Crippen LogP contribution in [0.2, 0.25) is 0 Å². The van der Waals surface area contributed by atoms with Gasteiger partial charge in [0.1, 0.15) is 11.8 Å². The van der Waals surface area contributed by atoms with Crippen LogP contribution in [-0.4, -0.2) is 13.2 Å². The lowest BCUT2D eigenvalue weighted by atomic mass is 10.1. The van der Waals surface area contributed by atoms with E-state index >= 15 is 0 Å². The number of hydrogen-bond acceptors (Lipinski definition) is 3. The highest BCUT2D eigenvalue weighted by molar-refractivity contribution is 5.35. The van der Waals surface area contributed by atoms with Crippen LogP contribution in [0.15, 0.2) is 24.3 Å². The molecule has 0 amide bonds. The van der Waals surface area contributed by atoms with E-state index in [1.54, 1.807) is 0 Å². The van der Waals surface area contributed by atoms with E-state index in [4.69, 9.17) is 10.00 Å². The van der Waals surface area contributed by atoms with Gasteiger partial charge in [-0.15, -0.1) is 0 Å². The number of rotatable bonds is 5. The van der Waals surface area contributed by atoms with Gasteiger partial charge in [-0.25, -0.2) is 0 Å². The van der Waals surface area contributed by atoms with Crippen LogP contribution in [-0.2, 0) is 0 Å². The molecule has 0 spiro atoms. The fraction of sp³-hybridized carbons (Fsp3) is 0.417. The summed E-state index contributed by atoms with van der Waals surface area (Å²) in [5, 5.41) is 11.8. The normalized spacial score (nSPS) is 11.8. The number of nitriles is 1. The van der Waals surface area contributed by atoms with E-state index in [0.29, 0.717) is 0 Å². The predicted molar refractivity (Wildman–Crippen MR) is 59.6 cm³/mol.